The second-order valence-electron chi connectivity index (χ2n) is 6.30. The van der Waals surface area contributed by atoms with Gasteiger partial charge in [-0.1, -0.05) is 17.7 Å². The van der Waals surface area contributed by atoms with Gasteiger partial charge in [-0.25, -0.2) is 0 Å². The molecule has 2 aromatic carbocycles. The molecule has 0 bridgehead atoms. The molecule has 0 aliphatic carbocycles. The first kappa shape index (κ1) is 21.6. The second kappa shape index (κ2) is 9.99. The second-order valence-corrected chi connectivity index (χ2v) is 6.74. The van der Waals surface area contributed by atoms with Crippen molar-refractivity contribution < 1.29 is 23.8 Å². The fraction of sp³-hybridized carbons (Fsp3) is 0.333. The van der Waals surface area contributed by atoms with Crippen molar-refractivity contribution in [3.63, 3.8) is 0 Å². The number of halogens is 1. The van der Waals surface area contributed by atoms with Crippen LogP contribution in [0.25, 0.3) is 0 Å². The number of hydrogen-bond donors (Lipinski definition) is 1. The molecule has 1 N–H and O–H groups in total. The maximum atomic E-state index is 12.3. The zero-order valence-electron chi connectivity index (χ0n) is 16.4. The normalized spacial score (nSPS) is 11.5. The lowest BCUT2D eigenvalue weighted by atomic mass is 10.1. The molecule has 7 heteroatoms. The summed E-state index contributed by atoms with van der Waals surface area (Å²) in [5, 5.41) is 3.24. The van der Waals surface area contributed by atoms with E-state index >= 15 is 0 Å². The van der Waals surface area contributed by atoms with Gasteiger partial charge in [0.25, 0.3) is 5.91 Å². The SMILES string of the molecule is COc1cc(CCC(=O)O[C@H](C)C(=O)Nc2cc(Cl)ccc2C)cc(OC)c1. The molecular weight excluding hydrogens is 382 g/mol. The van der Waals surface area contributed by atoms with Gasteiger partial charge in [0.05, 0.1) is 14.2 Å². The van der Waals surface area contributed by atoms with Crippen molar-refractivity contribution in [3.8, 4) is 11.5 Å². The highest BCUT2D eigenvalue weighted by molar-refractivity contribution is 6.31. The van der Waals surface area contributed by atoms with Crippen LogP contribution in [-0.2, 0) is 20.7 Å². The van der Waals surface area contributed by atoms with Gasteiger partial charge in [-0.2, -0.15) is 0 Å². The van der Waals surface area contributed by atoms with E-state index in [9.17, 15) is 9.59 Å². The topological polar surface area (TPSA) is 73.9 Å². The Morgan fingerprint density at radius 2 is 1.71 bits per heavy atom. The third-order valence-electron chi connectivity index (χ3n) is 4.16. The number of esters is 1. The van der Waals surface area contributed by atoms with Gasteiger partial charge in [0.15, 0.2) is 6.10 Å². The summed E-state index contributed by atoms with van der Waals surface area (Å²) in [5.41, 5.74) is 2.33. The van der Waals surface area contributed by atoms with Gasteiger partial charge in [-0.3, -0.25) is 9.59 Å². The van der Waals surface area contributed by atoms with E-state index in [4.69, 9.17) is 25.8 Å². The minimum absolute atomic E-state index is 0.129. The molecule has 0 fully saturated rings. The number of carbonyl (C=O) groups excluding carboxylic acids is 2. The van der Waals surface area contributed by atoms with E-state index in [2.05, 4.69) is 5.32 Å². The first-order valence-corrected chi connectivity index (χ1v) is 9.18. The molecule has 0 aliphatic heterocycles. The van der Waals surface area contributed by atoms with E-state index in [1.807, 2.05) is 19.1 Å². The van der Waals surface area contributed by atoms with E-state index in [1.54, 1.807) is 38.5 Å². The van der Waals surface area contributed by atoms with Crippen LogP contribution in [-0.4, -0.2) is 32.2 Å². The summed E-state index contributed by atoms with van der Waals surface area (Å²) in [7, 11) is 3.13. The predicted molar refractivity (Wildman–Crippen MR) is 108 cm³/mol. The third-order valence-corrected chi connectivity index (χ3v) is 4.40. The monoisotopic (exact) mass is 405 g/mol. The molecule has 28 heavy (non-hydrogen) atoms. The molecule has 0 aromatic heterocycles. The zero-order valence-corrected chi connectivity index (χ0v) is 17.1. The quantitative estimate of drug-likeness (QED) is 0.667. The number of hydrogen-bond acceptors (Lipinski definition) is 5. The van der Waals surface area contributed by atoms with E-state index in [0.29, 0.717) is 28.6 Å². The highest BCUT2D eigenvalue weighted by Crippen LogP contribution is 2.23. The van der Waals surface area contributed by atoms with Crippen LogP contribution in [0.15, 0.2) is 36.4 Å². The van der Waals surface area contributed by atoms with Crippen LogP contribution in [0.1, 0.15) is 24.5 Å². The molecule has 0 saturated heterocycles. The summed E-state index contributed by atoms with van der Waals surface area (Å²) < 4.78 is 15.7. The van der Waals surface area contributed by atoms with Crippen LogP contribution in [0.3, 0.4) is 0 Å². The maximum Gasteiger partial charge on any atom is 0.306 e. The van der Waals surface area contributed by atoms with Crippen molar-refractivity contribution in [2.45, 2.75) is 32.8 Å². The first-order valence-electron chi connectivity index (χ1n) is 8.81. The van der Waals surface area contributed by atoms with Crippen LogP contribution < -0.4 is 14.8 Å². The lowest BCUT2D eigenvalue weighted by molar-refractivity contribution is -0.153. The predicted octanol–water partition coefficient (Wildman–Crippen LogP) is 4.17. The number of aryl methyl sites for hydroxylation is 2. The highest BCUT2D eigenvalue weighted by atomic mass is 35.5. The van der Waals surface area contributed by atoms with E-state index < -0.39 is 18.0 Å². The van der Waals surface area contributed by atoms with Crippen molar-refractivity contribution in [3.05, 3.63) is 52.5 Å². The van der Waals surface area contributed by atoms with Crippen molar-refractivity contribution in [1.82, 2.24) is 0 Å². The Balaban J connectivity index is 1.90. The van der Waals surface area contributed by atoms with Crippen LogP contribution in [0, 0.1) is 6.92 Å². The van der Waals surface area contributed by atoms with Crippen molar-refractivity contribution in [1.29, 1.82) is 0 Å². The molecule has 1 atom stereocenters. The zero-order chi connectivity index (χ0) is 20.7. The fourth-order valence-electron chi connectivity index (χ4n) is 2.53. The Kier molecular flexibility index (Phi) is 7.70. The molecule has 0 unspecified atom stereocenters. The summed E-state index contributed by atoms with van der Waals surface area (Å²) >= 11 is 5.95. The van der Waals surface area contributed by atoms with Crippen LogP contribution in [0.4, 0.5) is 5.69 Å². The summed E-state index contributed by atoms with van der Waals surface area (Å²) in [6.07, 6.45) is -0.358. The van der Waals surface area contributed by atoms with Crippen LogP contribution in [0.2, 0.25) is 5.02 Å². The first-order chi connectivity index (χ1) is 13.3. The molecule has 150 valence electrons. The van der Waals surface area contributed by atoms with E-state index in [1.165, 1.54) is 6.92 Å². The van der Waals surface area contributed by atoms with Gasteiger partial charge in [0, 0.05) is 23.2 Å². The van der Waals surface area contributed by atoms with Gasteiger partial charge in [0.2, 0.25) is 0 Å². The van der Waals surface area contributed by atoms with Crippen molar-refractivity contribution in [2.24, 2.45) is 0 Å². The largest absolute Gasteiger partial charge is 0.497 e. The molecule has 2 rings (SSSR count). The Morgan fingerprint density at radius 3 is 2.32 bits per heavy atom. The molecule has 0 spiro atoms. The third kappa shape index (κ3) is 6.16. The summed E-state index contributed by atoms with van der Waals surface area (Å²) in [6, 6.07) is 10.6. The van der Waals surface area contributed by atoms with Gasteiger partial charge in [0.1, 0.15) is 11.5 Å². The molecule has 6 nitrogen and oxygen atoms in total. The van der Waals surface area contributed by atoms with E-state index in [-0.39, 0.29) is 6.42 Å². The number of anilines is 1. The summed E-state index contributed by atoms with van der Waals surface area (Å²) in [4.78, 5) is 24.4. The lowest BCUT2D eigenvalue weighted by Crippen LogP contribution is -2.30. The van der Waals surface area contributed by atoms with Crippen LogP contribution in [0.5, 0.6) is 11.5 Å². The number of benzene rings is 2. The molecule has 0 aliphatic rings. The smallest absolute Gasteiger partial charge is 0.306 e. The van der Waals surface area contributed by atoms with Crippen molar-refractivity contribution >= 4 is 29.2 Å². The minimum Gasteiger partial charge on any atom is -0.497 e. The molecule has 0 radical (unpaired) electrons. The number of carbonyl (C=O) groups is 2. The lowest BCUT2D eigenvalue weighted by Gasteiger charge is -2.15. The number of rotatable bonds is 8. The van der Waals surface area contributed by atoms with Gasteiger partial charge in [-0.05, 0) is 55.7 Å². The fourth-order valence-corrected chi connectivity index (χ4v) is 2.70. The number of ether oxygens (including phenoxy) is 3. The Bertz CT molecular complexity index is 830. The minimum atomic E-state index is -0.925. The molecule has 0 saturated carbocycles. The highest BCUT2D eigenvalue weighted by Gasteiger charge is 2.19. The summed E-state index contributed by atoms with van der Waals surface area (Å²) in [6.45, 7) is 3.38. The average Bonchev–Trinajstić information content (AvgIpc) is 2.68. The standard InChI is InChI=1S/C21H24ClNO5/c1-13-5-7-16(22)11-19(13)23-21(25)14(2)28-20(24)8-6-15-9-17(26-3)12-18(10-15)27-4/h5,7,9-12,14H,6,8H2,1-4H3,(H,23,25)/t14-/m1/s1. The number of methoxy groups -OCH3 is 2. The summed E-state index contributed by atoms with van der Waals surface area (Å²) in [5.74, 6) is 0.411. The Morgan fingerprint density at radius 1 is 1.07 bits per heavy atom. The number of amides is 1. The molecular formula is C21H24ClNO5. The molecule has 2 aromatic rings. The van der Waals surface area contributed by atoms with Gasteiger partial charge >= 0.3 is 5.97 Å². The van der Waals surface area contributed by atoms with Crippen molar-refractivity contribution in [2.75, 3.05) is 19.5 Å². The molecule has 1 amide bonds. The Labute approximate surface area is 169 Å². The molecule has 0 heterocycles. The van der Waals surface area contributed by atoms with Gasteiger partial charge in [-0.15, -0.1) is 0 Å². The maximum absolute atomic E-state index is 12.3. The Hall–Kier alpha value is -2.73. The number of nitrogens with one attached hydrogen (secondary N) is 1. The van der Waals surface area contributed by atoms with E-state index in [0.717, 1.165) is 11.1 Å². The van der Waals surface area contributed by atoms with Crippen LogP contribution >= 0.6 is 11.6 Å². The average molecular weight is 406 g/mol. The van der Waals surface area contributed by atoms with Gasteiger partial charge < -0.3 is 19.5 Å².